The van der Waals surface area contributed by atoms with Crippen molar-refractivity contribution in [2.45, 2.75) is 19.8 Å². The van der Waals surface area contributed by atoms with E-state index in [1.807, 2.05) is 18.2 Å². The summed E-state index contributed by atoms with van der Waals surface area (Å²) in [6.45, 7) is 2.40. The molecular weight excluding hydrogens is 348 g/mol. The number of benzene rings is 2. The summed E-state index contributed by atoms with van der Waals surface area (Å²) < 4.78 is 5.72. The minimum Gasteiger partial charge on any atom is -0.492 e. The van der Waals surface area contributed by atoms with Crippen molar-refractivity contribution in [1.82, 2.24) is 0 Å². The summed E-state index contributed by atoms with van der Waals surface area (Å²) in [4.78, 5) is 22.0. The first-order chi connectivity index (χ1) is 13.0. The lowest BCUT2D eigenvalue weighted by Gasteiger charge is -2.18. The van der Waals surface area contributed by atoms with Gasteiger partial charge in [0.2, 0.25) is 5.91 Å². The number of nitrogens with zero attached hydrogens (tertiary/aromatic N) is 2. The van der Waals surface area contributed by atoms with Gasteiger partial charge >= 0.3 is 0 Å². The maximum Gasteiger partial charge on any atom is 0.275 e. The van der Waals surface area contributed by atoms with Crippen LogP contribution >= 0.6 is 0 Å². The molecule has 0 aliphatic carbocycles. The zero-order chi connectivity index (χ0) is 19.4. The van der Waals surface area contributed by atoms with Gasteiger partial charge in [-0.05, 0) is 43.2 Å². The van der Waals surface area contributed by atoms with E-state index in [1.165, 1.54) is 6.07 Å². The van der Waals surface area contributed by atoms with Crippen LogP contribution in [0.25, 0.3) is 0 Å². The Morgan fingerprint density at radius 1 is 1.33 bits per heavy atom. The van der Waals surface area contributed by atoms with Crippen LogP contribution in [0.3, 0.4) is 0 Å². The van der Waals surface area contributed by atoms with Gasteiger partial charge in [0.15, 0.2) is 0 Å². The number of carbonyl (C=O) groups is 1. The molecule has 1 aliphatic heterocycles. The smallest absolute Gasteiger partial charge is 0.275 e. The van der Waals surface area contributed by atoms with E-state index >= 15 is 0 Å². The van der Waals surface area contributed by atoms with Crippen LogP contribution in [0.1, 0.15) is 23.1 Å². The van der Waals surface area contributed by atoms with E-state index in [2.05, 4.69) is 10.6 Å². The lowest BCUT2D eigenvalue weighted by Crippen LogP contribution is -2.19. The van der Waals surface area contributed by atoms with Crippen LogP contribution in [0.4, 0.5) is 17.1 Å². The highest BCUT2D eigenvalue weighted by atomic mass is 16.6. The molecule has 2 N–H and O–H groups in total. The van der Waals surface area contributed by atoms with Gasteiger partial charge in [0, 0.05) is 36.0 Å². The van der Waals surface area contributed by atoms with E-state index in [0.717, 1.165) is 11.3 Å². The highest BCUT2D eigenvalue weighted by Gasteiger charge is 2.17. The molecule has 8 nitrogen and oxygen atoms in total. The fraction of sp³-hybridized carbons (Fsp3) is 0.263. The van der Waals surface area contributed by atoms with Gasteiger partial charge in [-0.15, -0.1) is 0 Å². The van der Waals surface area contributed by atoms with Crippen LogP contribution in [0, 0.1) is 28.4 Å². The van der Waals surface area contributed by atoms with Crippen molar-refractivity contribution in [2.24, 2.45) is 0 Å². The molecule has 1 aliphatic rings. The Balaban J connectivity index is 1.61. The van der Waals surface area contributed by atoms with Gasteiger partial charge in [-0.3, -0.25) is 14.9 Å². The Hall–Kier alpha value is -3.60. The lowest BCUT2D eigenvalue weighted by atomic mass is 10.0. The number of nitro groups is 1. The number of amides is 1. The average molecular weight is 366 g/mol. The molecule has 2 aromatic carbocycles. The van der Waals surface area contributed by atoms with Gasteiger partial charge in [0.25, 0.3) is 5.69 Å². The molecule has 0 atom stereocenters. The van der Waals surface area contributed by atoms with Crippen molar-refractivity contribution in [3.8, 4) is 11.8 Å². The summed E-state index contributed by atoms with van der Waals surface area (Å²) in [7, 11) is 0. The molecule has 0 bridgehead atoms. The Morgan fingerprint density at radius 3 is 2.89 bits per heavy atom. The molecular formula is C19H18N4O4. The number of hydrogen-bond donors (Lipinski definition) is 2. The van der Waals surface area contributed by atoms with Gasteiger partial charge in [0.1, 0.15) is 12.4 Å². The number of ether oxygens (including phenoxy) is 1. The van der Waals surface area contributed by atoms with Gasteiger partial charge < -0.3 is 15.4 Å². The molecule has 0 unspecified atom stereocenters. The van der Waals surface area contributed by atoms with Crippen LogP contribution < -0.4 is 15.4 Å². The minimum absolute atomic E-state index is 0.0180. The summed E-state index contributed by atoms with van der Waals surface area (Å²) in [5.41, 5.74) is 3.00. The number of aryl methyl sites for hydroxylation is 1. The maximum absolute atomic E-state index is 11.4. The number of nitriles is 1. The summed E-state index contributed by atoms with van der Waals surface area (Å²) in [6.07, 6.45) is 1.14. The van der Waals surface area contributed by atoms with E-state index < -0.39 is 4.92 Å². The molecule has 0 fully saturated rings. The van der Waals surface area contributed by atoms with E-state index in [0.29, 0.717) is 43.0 Å². The quantitative estimate of drug-likeness (QED) is 0.461. The predicted molar refractivity (Wildman–Crippen MR) is 99.9 cm³/mol. The third kappa shape index (κ3) is 4.15. The number of fused-ring (bicyclic) bond motifs is 1. The number of nitro benzene ring substituents is 1. The first-order valence-corrected chi connectivity index (χ1v) is 8.46. The van der Waals surface area contributed by atoms with Gasteiger partial charge in [-0.25, -0.2) is 0 Å². The van der Waals surface area contributed by atoms with Crippen molar-refractivity contribution in [3.05, 3.63) is 57.1 Å². The predicted octanol–water partition coefficient (Wildman–Crippen LogP) is 3.15. The number of anilines is 2. The molecule has 27 heavy (non-hydrogen) atoms. The van der Waals surface area contributed by atoms with Crippen LogP contribution in [-0.4, -0.2) is 24.0 Å². The van der Waals surface area contributed by atoms with Crippen LogP contribution in [0.5, 0.6) is 5.75 Å². The normalized spacial score (nSPS) is 12.5. The maximum atomic E-state index is 11.4. The second-order valence-electron chi connectivity index (χ2n) is 6.18. The molecule has 1 heterocycles. The highest BCUT2D eigenvalue weighted by molar-refractivity contribution is 5.94. The molecule has 0 saturated carbocycles. The topological polar surface area (TPSA) is 117 Å². The number of rotatable bonds is 6. The van der Waals surface area contributed by atoms with Crippen molar-refractivity contribution < 1.29 is 14.5 Å². The van der Waals surface area contributed by atoms with Crippen molar-refractivity contribution in [3.63, 3.8) is 0 Å². The number of carbonyl (C=O) groups excluding carboxylic acids is 1. The zero-order valence-electron chi connectivity index (χ0n) is 14.7. The van der Waals surface area contributed by atoms with E-state index in [1.54, 1.807) is 19.1 Å². The van der Waals surface area contributed by atoms with Crippen molar-refractivity contribution in [1.29, 1.82) is 5.26 Å². The zero-order valence-corrected chi connectivity index (χ0v) is 14.7. The Bertz CT molecular complexity index is 949. The number of nitrogens with one attached hydrogen (secondary N) is 2. The van der Waals surface area contributed by atoms with Crippen LogP contribution in [0.15, 0.2) is 30.3 Å². The fourth-order valence-electron chi connectivity index (χ4n) is 2.94. The third-order valence-corrected chi connectivity index (χ3v) is 4.36. The lowest BCUT2D eigenvalue weighted by molar-refractivity contribution is -0.385. The molecule has 8 heteroatoms. The summed E-state index contributed by atoms with van der Waals surface area (Å²) >= 11 is 0. The summed E-state index contributed by atoms with van der Waals surface area (Å²) in [5.74, 6) is 0.713. The van der Waals surface area contributed by atoms with Gasteiger partial charge in [-0.2, -0.15) is 5.26 Å². The second kappa shape index (κ2) is 7.74. The molecule has 0 aromatic heterocycles. The van der Waals surface area contributed by atoms with Gasteiger partial charge in [0.05, 0.1) is 16.6 Å². The van der Waals surface area contributed by atoms with E-state index in [-0.39, 0.29) is 17.2 Å². The van der Waals surface area contributed by atoms with Crippen molar-refractivity contribution in [2.75, 3.05) is 23.8 Å². The monoisotopic (exact) mass is 366 g/mol. The average Bonchev–Trinajstić information content (AvgIpc) is 2.66. The van der Waals surface area contributed by atoms with Crippen LogP contribution in [-0.2, 0) is 11.2 Å². The van der Waals surface area contributed by atoms with Crippen molar-refractivity contribution >= 4 is 23.0 Å². The molecule has 0 saturated heterocycles. The molecule has 1 amide bonds. The molecule has 3 rings (SSSR count). The highest BCUT2D eigenvalue weighted by Crippen LogP contribution is 2.28. The fourth-order valence-corrected chi connectivity index (χ4v) is 2.94. The van der Waals surface area contributed by atoms with E-state index in [4.69, 9.17) is 10.00 Å². The van der Waals surface area contributed by atoms with E-state index in [9.17, 15) is 14.9 Å². The summed E-state index contributed by atoms with van der Waals surface area (Å²) in [6, 6.07) is 10.3. The third-order valence-electron chi connectivity index (χ3n) is 4.36. The first kappa shape index (κ1) is 18.2. The summed E-state index contributed by atoms with van der Waals surface area (Å²) in [5, 5.41) is 26.1. The molecule has 0 radical (unpaired) electrons. The second-order valence-corrected chi connectivity index (χ2v) is 6.18. The minimum atomic E-state index is -0.496. The van der Waals surface area contributed by atoms with Gasteiger partial charge in [-0.1, -0.05) is 0 Å². The Morgan fingerprint density at radius 2 is 2.15 bits per heavy atom. The first-order valence-electron chi connectivity index (χ1n) is 8.46. The standard InChI is InChI=1S/C19H18N4O4/c1-12-17(8-13(11-20)9-18(12)23(25)26)21-6-7-27-15-3-4-16-14(10-15)2-5-19(24)22-16/h3-4,8-10,21H,2,5-7H2,1H3,(H,22,24). The molecule has 0 spiro atoms. The Labute approximate surface area is 155 Å². The van der Waals surface area contributed by atoms with Crippen LogP contribution in [0.2, 0.25) is 0 Å². The molecule has 2 aromatic rings. The Kier molecular flexibility index (Phi) is 5.22. The largest absolute Gasteiger partial charge is 0.492 e. The molecule has 138 valence electrons. The SMILES string of the molecule is Cc1c(NCCOc2ccc3c(c2)CCC(=O)N3)cc(C#N)cc1[N+](=O)[O-]. The number of hydrogen-bond acceptors (Lipinski definition) is 6.